The van der Waals surface area contributed by atoms with Crippen LogP contribution < -0.4 is 5.73 Å². The third-order valence-electron chi connectivity index (χ3n) is 7.12. The van der Waals surface area contributed by atoms with Gasteiger partial charge in [-0.25, -0.2) is 19.3 Å². The van der Waals surface area contributed by atoms with Crippen molar-refractivity contribution in [3.8, 4) is 11.1 Å². The summed E-state index contributed by atoms with van der Waals surface area (Å²) in [5.41, 5.74) is 12.3. The van der Waals surface area contributed by atoms with E-state index >= 15 is 0 Å². The Morgan fingerprint density at radius 3 is 2.62 bits per heavy atom. The zero-order valence-corrected chi connectivity index (χ0v) is 22.4. The lowest BCUT2D eigenvalue weighted by atomic mass is 9.93. The monoisotopic (exact) mass is 524 g/mol. The van der Waals surface area contributed by atoms with Gasteiger partial charge in [-0.15, -0.1) is 0 Å². The standard InChI is InChI=1S/C30H32N6O3/c1-30(2,3)39-29(37)35-13-11-20(12-14-35)24-17-22(27-28(31)32-18-33-36(24)27)21-9-10-25-23(16-21)34-26(38-25)15-19-7-5-4-6-8-19/h4-10,16-18,20H,11-15H2,1-3H3,(H2,31,32,33). The number of aromatic nitrogens is 4. The Kier molecular flexibility index (Phi) is 6.21. The van der Waals surface area contributed by atoms with Crippen LogP contribution in [0.4, 0.5) is 10.6 Å². The molecule has 0 atom stereocenters. The summed E-state index contributed by atoms with van der Waals surface area (Å²) in [7, 11) is 0. The van der Waals surface area contributed by atoms with E-state index in [4.69, 9.17) is 19.9 Å². The Labute approximate surface area is 226 Å². The third kappa shape index (κ3) is 5.04. The van der Waals surface area contributed by atoms with E-state index in [0.717, 1.165) is 51.8 Å². The lowest BCUT2D eigenvalue weighted by Crippen LogP contribution is -2.41. The van der Waals surface area contributed by atoms with Gasteiger partial charge in [-0.2, -0.15) is 5.10 Å². The number of rotatable bonds is 4. The summed E-state index contributed by atoms with van der Waals surface area (Å²) in [6.45, 7) is 6.90. The number of carbonyl (C=O) groups excluding carboxylic acids is 1. The molecule has 0 aliphatic carbocycles. The third-order valence-corrected chi connectivity index (χ3v) is 7.12. The summed E-state index contributed by atoms with van der Waals surface area (Å²) >= 11 is 0. The molecule has 0 saturated carbocycles. The van der Waals surface area contributed by atoms with Crippen molar-refractivity contribution >= 4 is 28.5 Å². The lowest BCUT2D eigenvalue weighted by molar-refractivity contribution is 0.0203. The summed E-state index contributed by atoms with van der Waals surface area (Å²) < 4.78 is 13.5. The second kappa shape index (κ2) is 9.72. The average Bonchev–Trinajstić information content (AvgIpc) is 3.50. The number of piperidine rings is 1. The van der Waals surface area contributed by atoms with Gasteiger partial charge in [0.1, 0.15) is 23.0 Å². The molecule has 39 heavy (non-hydrogen) atoms. The van der Waals surface area contributed by atoms with Crippen molar-refractivity contribution in [1.29, 1.82) is 0 Å². The summed E-state index contributed by atoms with van der Waals surface area (Å²) in [5.74, 6) is 1.31. The molecule has 5 aromatic rings. The number of ether oxygens (including phenoxy) is 1. The van der Waals surface area contributed by atoms with Gasteiger partial charge in [-0.05, 0) is 62.9 Å². The minimum absolute atomic E-state index is 0.215. The smallest absolute Gasteiger partial charge is 0.410 e. The van der Waals surface area contributed by atoms with Gasteiger partial charge >= 0.3 is 6.09 Å². The number of oxazole rings is 1. The summed E-state index contributed by atoms with van der Waals surface area (Å²) in [5, 5.41) is 4.57. The summed E-state index contributed by atoms with van der Waals surface area (Å²) in [6, 6.07) is 18.3. The van der Waals surface area contributed by atoms with Gasteiger partial charge < -0.3 is 19.8 Å². The number of anilines is 1. The van der Waals surface area contributed by atoms with Crippen LogP contribution in [0, 0.1) is 0 Å². The molecule has 0 bridgehead atoms. The van der Waals surface area contributed by atoms with Crippen LogP contribution in [0.5, 0.6) is 0 Å². The molecule has 2 N–H and O–H groups in total. The first-order chi connectivity index (χ1) is 18.7. The number of hydrogen-bond donors (Lipinski definition) is 1. The normalized spacial score (nSPS) is 14.8. The molecule has 1 fully saturated rings. The van der Waals surface area contributed by atoms with Crippen molar-refractivity contribution in [1.82, 2.24) is 24.5 Å². The molecule has 0 unspecified atom stereocenters. The molecular formula is C30H32N6O3. The van der Waals surface area contributed by atoms with Crippen LogP contribution in [-0.4, -0.2) is 49.3 Å². The number of nitrogens with zero attached hydrogens (tertiary/aromatic N) is 5. The zero-order chi connectivity index (χ0) is 27.1. The van der Waals surface area contributed by atoms with Crippen molar-refractivity contribution in [3.05, 3.63) is 78.1 Å². The van der Waals surface area contributed by atoms with Gasteiger partial charge in [-0.1, -0.05) is 36.4 Å². The predicted molar refractivity (Wildman–Crippen MR) is 149 cm³/mol. The van der Waals surface area contributed by atoms with E-state index < -0.39 is 5.60 Å². The van der Waals surface area contributed by atoms with Gasteiger partial charge in [0, 0.05) is 36.7 Å². The average molecular weight is 525 g/mol. The molecular weight excluding hydrogens is 492 g/mol. The molecule has 0 spiro atoms. The van der Waals surface area contributed by atoms with Crippen molar-refractivity contribution in [3.63, 3.8) is 0 Å². The largest absolute Gasteiger partial charge is 0.444 e. The minimum Gasteiger partial charge on any atom is -0.444 e. The van der Waals surface area contributed by atoms with Crippen LogP contribution in [0.2, 0.25) is 0 Å². The summed E-state index contributed by atoms with van der Waals surface area (Å²) in [6.07, 6.45) is 3.47. The number of nitrogens with two attached hydrogens (primary N) is 1. The molecule has 1 aliphatic rings. The van der Waals surface area contributed by atoms with E-state index in [2.05, 4.69) is 28.3 Å². The number of nitrogen functional groups attached to an aromatic ring is 1. The molecule has 1 saturated heterocycles. The number of benzene rings is 2. The number of carbonyl (C=O) groups is 1. The highest BCUT2D eigenvalue weighted by Crippen LogP contribution is 2.37. The second-order valence-electron chi connectivity index (χ2n) is 11.1. The maximum Gasteiger partial charge on any atom is 0.410 e. The van der Waals surface area contributed by atoms with Crippen molar-refractivity contribution in [2.24, 2.45) is 0 Å². The minimum atomic E-state index is -0.512. The van der Waals surface area contributed by atoms with Gasteiger partial charge in [0.15, 0.2) is 17.3 Å². The first-order valence-electron chi connectivity index (χ1n) is 13.3. The Morgan fingerprint density at radius 2 is 1.87 bits per heavy atom. The van der Waals surface area contributed by atoms with Crippen LogP contribution >= 0.6 is 0 Å². The number of hydrogen-bond acceptors (Lipinski definition) is 7. The maximum atomic E-state index is 12.6. The van der Waals surface area contributed by atoms with E-state index in [9.17, 15) is 4.79 Å². The topological polar surface area (TPSA) is 112 Å². The van der Waals surface area contributed by atoms with E-state index in [0.29, 0.717) is 31.2 Å². The van der Waals surface area contributed by atoms with Crippen molar-refractivity contribution < 1.29 is 13.9 Å². The highest BCUT2D eigenvalue weighted by atomic mass is 16.6. The summed E-state index contributed by atoms with van der Waals surface area (Å²) in [4.78, 5) is 23.4. The van der Waals surface area contributed by atoms with Crippen LogP contribution in [0.3, 0.4) is 0 Å². The molecule has 6 rings (SSSR count). The fourth-order valence-corrected chi connectivity index (χ4v) is 5.28. The molecule has 9 nitrogen and oxygen atoms in total. The quantitative estimate of drug-likeness (QED) is 0.315. The highest BCUT2D eigenvalue weighted by Gasteiger charge is 2.30. The lowest BCUT2D eigenvalue weighted by Gasteiger charge is -2.33. The van der Waals surface area contributed by atoms with E-state index in [-0.39, 0.29) is 12.0 Å². The van der Waals surface area contributed by atoms with Gasteiger partial charge in [-0.3, -0.25) is 0 Å². The molecule has 0 radical (unpaired) electrons. The zero-order valence-electron chi connectivity index (χ0n) is 22.4. The Hall–Kier alpha value is -4.40. The highest BCUT2D eigenvalue weighted by molar-refractivity contribution is 5.91. The fraction of sp³-hybridized carbons (Fsp3) is 0.333. The van der Waals surface area contributed by atoms with Crippen LogP contribution in [0.25, 0.3) is 27.7 Å². The molecule has 9 heteroatoms. The number of amides is 1. The van der Waals surface area contributed by atoms with E-state index in [1.54, 1.807) is 4.90 Å². The Morgan fingerprint density at radius 1 is 1.10 bits per heavy atom. The Bertz CT molecular complexity index is 1640. The molecule has 4 heterocycles. The molecule has 2 aromatic carbocycles. The fourth-order valence-electron chi connectivity index (χ4n) is 5.28. The number of fused-ring (bicyclic) bond motifs is 2. The maximum absolute atomic E-state index is 12.6. The van der Waals surface area contributed by atoms with E-state index in [1.807, 2.05) is 61.7 Å². The van der Waals surface area contributed by atoms with Gasteiger partial charge in [0.2, 0.25) is 0 Å². The van der Waals surface area contributed by atoms with Gasteiger partial charge in [0.25, 0.3) is 0 Å². The number of likely N-dealkylation sites (tertiary alicyclic amines) is 1. The predicted octanol–water partition coefficient (Wildman–Crippen LogP) is 5.83. The SMILES string of the molecule is CC(C)(C)OC(=O)N1CCC(c2cc(-c3ccc4oc(Cc5ccccc5)nc4c3)c3c(N)ncnn23)CC1. The first kappa shape index (κ1) is 24.9. The van der Waals surface area contributed by atoms with E-state index in [1.165, 1.54) is 6.33 Å². The van der Waals surface area contributed by atoms with Crippen LogP contribution in [-0.2, 0) is 11.2 Å². The Balaban J connectivity index is 1.30. The van der Waals surface area contributed by atoms with Gasteiger partial charge in [0.05, 0.1) is 0 Å². The first-order valence-corrected chi connectivity index (χ1v) is 13.3. The van der Waals surface area contributed by atoms with Crippen molar-refractivity contribution in [2.45, 2.75) is 51.6 Å². The molecule has 1 aliphatic heterocycles. The second-order valence-corrected chi connectivity index (χ2v) is 11.1. The molecule has 200 valence electrons. The van der Waals surface area contributed by atoms with Crippen molar-refractivity contribution in [2.75, 3.05) is 18.8 Å². The molecule has 1 amide bonds. The molecule has 3 aromatic heterocycles. The van der Waals surface area contributed by atoms with Crippen LogP contribution in [0.15, 0.2) is 65.3 Å². The van der Waals surface area contributed by atoms with Crippen LogP contribution in [0.1, 0.15) is 56.7 Å².